The van der Waals surface area contributed by atoms with Gasteiger partial charge in [-0.25, -0.2) is 0 Å². The van der Waals surface area contributed by atoms with Crippen LogP contribution in [0.4, 0.5) is 0 Å². The molecule has 33 heavy (non-hydrogen) atoms. The standard InChI is InChI=1S/2C12H21N2O.2ClH.Pt/c2*1-2-6-11-10(5-1)14-12(15-11)9-4-3-7-13-8-9;;;/h2*9-12,14H,1-8H2;2*1H;/q2*-1;;;+4/p-2. The SMILES string of the molecule is C1C[N-]CC(C2NC3CCCCC3O2)C1.C1C[N-]CC(C2NC3CCCCC3O2)C1.[Cl][Pt+2][Cl]. The molecule has 0 aromatic rings. The number of nitrogens with one attached hydrogen (secondary N) is 2. The topological polar surface area (TPSA) is 70.7 Å². The molecule has 8 unspecified atom stereocenters. The molecule has 0 bridgehead atoms. The average Bonchev–Trinajstić information content (AvgIpc) is 3.51. The van der Waals surface area contributed by atoms with Crippen molar-refractivity contribution in [3.8, 4) is 0 Å². The summed E-state index contributed by atoms with van der Waals surface area (Å²) in [4.78, 5) is 0. The van der Waals surface area contributed by atoms with Crippen LogP contribution >= 0.6 is 18.8 Å². The van der Waals surface area contributed by atoms with Crippen LogP contribution < -0.4 is 10.6 Å². The third-order valence-corrected chi connectivity index (χ3v) is 8.17. The Morgan fingerprint density at radius 3 is 1.39 bits per heavy atom. The summed E-state index contributed by atoms with van der Waals surface area (Å²) in [5, 5.41) is 16.4. The molecule has 4 saturated heterocycles. The molecule has 4 heterocycles. The van der Waals surface area contributed by atoms with Gasteiger partial charge in [0, 0.05) is 12.1 Å². The van der Waals surface area contributed by atoms with Crippen LogP contribution in [0.15, 0.2) is 0 Å². The second-order valence-corrected chi connectivity index (χ2v) is 13.7. The first-order valence-corrected chi connectivity index (χ1v) is 18.8. The zero-order valence-electron chi connectivity index (χ0n) is 19.7. The monoisotopic (exact) mass is 683 g/mol. The third kappa shape index (κ3) is 8.00. The molecule has 0 aromatic carbocycles. The van der Waals surface area contributed by atoms with Crippen molar-refractivity contribution in [1.29, 1.82) is 0 Å². The van der Waals surface area contributed by atoms with Gasteiger partial charge in [0.1, 0.15) is 12.5 Å². The van der Waals surface area contributed by atoms with E-state index in [-0.39, 0.29) is 0 Å². The predicted octanol–water partition coefficient (Wildman–Crippen LogP) is 5.43. The van der Waals surface area contributed by atoms with Gasteiger partial charge in [0.2, 0.25) is 0 Å². The molecular formula is C24H42Cl2N4O2Pt. The summed E-state index contributed by atoms with van der Waals surface area (Å²) < 4.78 is 12.3. The van der Waals surface area contributed by atoms with Crippen molar-refractivity contribution < 1.29 is 26.0 Å². The van der Waals surface area contributed by atoms with Crippen LogP contribution in [0.1, 0.15) is 77.0 Å². The Balaban J connectivity index is 0.000000141. The summed E-state index contributed by atoms with van der Waals surface area (Å²) in [6.45, 7) is 4.15. The molecule has 9 heteroatoms. The molecule has 2 saturated carbocycles. The molecule has 2 aliphatic carbocycles. The number of fused-ring (bicyclic) bond motifs is 2. The van der Waals surface area contributed by atoms with E-state index in [1.807, 2.05) is 0 Å². The van der Waals surface area contributed by atoms with E-state index in [4.69, 9.17) is 28.3 Å². The molecular weight excluding hydrogens is 642 g/mol. The van der Waals surface area contributed by atoms with E-state index in [1.54, 1.807) is 0 Å². The van der Waals surface area contributed by atoms with E-state index >= 15 is 0 Å². The van der Waals surface area contributed by atoms with Crippen LogP contribution in [0.3, 0.4) is 0 Å². The molecule has 194 valence electrons. The third-order valence-electron chi connectivity index (χ3n) is 8.17. The van der Waals surface area contributed by atoms with Crippen LogP contribution in [0.2, 0.25) is 0 Å². The van der Waals surface area contributed by atoms with Gasteiger partial charge in [0.25, 0.3) is 0 Å². The number of halogens is 2. The molecule has 4 aliphatic heterocycles. The maximum atomic E-state index is 6.13. The molecule has 6 fully saturated rings. The molecule has 0 radical (unpaired) electrons. The van der Waals surface area contributed by atoms with E-state index in [1.165, 1.54) is 77.0 Å². The maximum absolute atomic E-state index is 6.13. The van der Waals surface area contributed by atoms with Crippen molar-refractivity contribution in [3.05, 3.63) is 10.6 Å². The molecule has 6 rings (SSSR count). The first-order valence-electron chi connectivity index (χ1n) is 13.2. The zero-order chi connectivity index (χ0) is 22.9. The Bertz CT molecular complexity index is 481. The van der Waals surface area contributed by atoms with E-state index in [0.717, 1.165) is 26.2 Å². The second-order valence-electron chi connectivity index (χ2n) is 10.4. The number of piperidine rings is 2. The Hall–Kier alpha value is 1.03. The number of hydrogen-bond donors (Lipinski definition) is 2. The Morgan fingerprint density at radius 2 is 1.03 bits per heavy atom. The fourth-order valence-electron chi connectivity index (χ4n) is 6.39. The van der Waals surface area contributed by atoms with Crippen LogP contribution in [-0.4, -0.2) is 62.9 Å². The normalized spacial score (nSPS) is 42.8. The fraction of sp³-hybridized carbons (Fsp3) is 1.00. The van der Waals surface area contributed by atoms with E-state index in [2.05, 4.69) is 21.3 Å². The number of ether oxygens (including phenoxy) is 2. The van der Waals surface area contributed by atoms with Gasteiger partial charge in [-0.05, 0) is 50.4 Å². The zero-order valence-corrected chi connectivity index (χ0v) is 23.5. The minimum absolute atomic E-state index is 0.308. The van der Waals surface area contributed by atoms with Gasteiger partial charge in [-0.15, -0.1) is 26.2 Å². The van der Waals surface area contributed by atoms with Crippen LogP contribution in [-0.2, 0) is 26.0 Å². The average molecular weight is 685 g/mol. The molecule has 2 N–H and O–H groups in total. The summed E-state index contributed by atoms with van der Waals surface area (Å²) in [6, 6.07) is 1.29. The Morgan fingerprint density at radius 1 is 0.606 bits per heavy atom. The predicted molar refractivity (Wildman–Crippen MR) is 131 cm³/mol. The van der Waals surface area contributed by atoms with Crippen LogP contribution in [0.5, 0.6) is 0 Å². The summed E-state index contributed by atoms with van der Waals surface area (Å²) in [6.07, 6.45) is 17.3. The number of nitrogens with zero attached hydrogens (tertiary/aromatic N) is 2. The van der Waals surface area contributed by atoms with Gasteiger partial charge in [-0.3, -0.25) is 10.6 Å². The van der Waals surface area contributed by atoms with Gasteiger partial charge >= 0.3 is 35.3 Å². The van der Waals surface area contributed by atoms with E-state index < -0.39 is 16.5 Å². The van der Waals surface area contributed by atoms with Gasteiger partial charge in [0.15, 0.2) is 0 Å². The molecule has 0 aromatic heterocycles. The fourth-order valence-corrected chi connectivity index (χ4v) is 6.39. The van der Waals surface area contributed by atoms with Crippen molar-refractivity contribution in [3.63, 3.8) is 0 Å². The Kier molecular flexibility index (Phi) is 12.1. The van der Waals surface area contributed by atoms with Crippen molar-refractivity contribution >= 4 is 18.8 Å². The molecule has 6 aliphatic rings. The molecule has 0 amide bonds. The van der Waals surface area contributed by atoms with Crippen molar-refractivity contribution in [2.24, 2.45) is 11.8 Å². The first-order chi connectivity index (χ1) is 16.3. The van der Waals surface area contributed by atoms with Crippen molar-refractivity contribution in [2.75, 3.05) is 26.2 Å². The van der Waals surface area contributed by atoms with Gasteiger partial charge in [-0.2, -0.15) is 0 Å². The van der Waals surface area contributed by atoms with Crippen LogP contribution in [0.25, 0.3) is 10.6 Å². The Labute approximate surface area is 217 Å². The van der Waals surface area contributed by atoms with Crippen molar-refractivity contribution in [2.45, 2.75) is 114 Å². The molecule has 8 atom stereocenters. The second kappa shape index (κ2) is 14.7. The summed E-state index contributed by atoms with van der Waals surface area (Å²) >= 11 is -0.472. The van der Waals surface area contributed by atoms with Gasteiger partial charge in [0.05, 0.1) is 12.2 Å². The molecule has 6 nitrogen and oxygen atoms in total. The number of rotatable bonds is 2. The summed E-state index contributed by atoms with van der Waals surface area (Å²) in [5.74, 6) is 1.29. The van der Waals surface area contributed by atoms with Gasteiger partial charge < -0.3 is 20.1 Å². The summed E-state index contributed by atoms with van der Waals surface area (Å²) in [7, 11) is 9.75. The quantitative estimate of drug-likeness (QED) is 0.408. The van der Waals surface area contributed by atoms with E-state index in [0.29, 0.717) is 48.6 Å². The first kappa shape index (κ1) is 27.1. The van der Waals surface area contributed by atoms with E-state index in [9.17, 15) is 0 Å². The van der Waals surface area contributed by atoms with Crippen molar-refractivity contribution in [1.82, 2.24) is 10.6 Å². The summed E-state index contributed by atoms with van der Waals surface area (Å²) in [5.41, 5.74) is 0. The molecule has 0 spiro atoms. The van der Waals surface area contributed by atoms with Gasteiger partial charge in [-0.1, -0.05) is 38.5 Å². The number of hydrogen-bond acceptors (Lipinski definition) is 4. The minimum atomic E-state index is -0.472. The van der Waals surface area contributed by atoms with Crippen LogP contribution in [0, 0.1) is 11.8 Å².